The first-order valence-electron chi connectivity index (χ1n) is 7.46. The van der Waals surface area contributed by atoms with Crippen molar-refractivity contribution in [1.29, 1.82) is 0 Å². The summed E-state index contributed by atoms with van der Waals surface area (Å²) >= 11 is 0. The normalized spacial score (nSPS) is 27.1. The summed E-state index contributed by atoms with van der Waals surface area (Å²) in [6.07, 6.45) is 4.85. The second-order valence-corrected chi connectivity index (χ2v) is 5.71. The maximum absolute atomic E-state index is 11.8. The molecular formula is C15H22N4O. The van der Waals surface area contributed by atoms with Gasteiger partial charge in [-0.1, -0.05) is 6.92 Å². The number of piperidine rings is 1. The highest BCUT2D eigenvalue weighted by atomic mass is 16.2. The second kappa shape index (κ2) is 5.40. The molecule has 0 saturated carbocycles. The molecule has 2 fully saturated rings. The molecule has 2 aliphatic heterocycles. The molecule has 0 bridgehead atoms. The number of hydrogen-bond acceptors (Lipinski definition) is 4. The van der Waals surface area contributed by atoms with Crippen LogP contribution >= 0.6 is 0 Å². The molecule has 5 heteroatoms. The Labute approximate surface area is 119 Å². The monoisotopic (exact) mass is 274 g/mol. The van der Waals surface area contributed by atoms with Crippen molar-refractivity contribution in [3.8, 4) is 0 Å². The van der Waals surface area contributed by atoms with E-state index in [0.717, 1.165) is 43.7 Å². The number of rotatable bonds is 3. The minimum Gasteiger partial charge on any atom is -0.365 e. The number of nitrogens with two attached hydrogens (primary N) is 1. The molecule has 0 aliphatic carbocycles. The minimum atomic E-state index is 0.00730. The Morgan fingerprint density at radius 2 is 2.40 bits per heavy atom. The van der Waals surface area contributed by atoms with Gasteiger partial charge in [-0.25, -0.2) is 0 Å². The number of fused-ring (bicyclic) bond motifs is 1. The van der Waals surface area contributed by atoms with Crippen molar-refractivity contribution in [2.75, 3.05) is 18.0 Å². The highest BCUT2D eigenvalue weighted by Gasteiger charge is 2.40. The van der Waals surface area contributed by atoms with E-state index in [-0.39, 0.29) is 23.9 Å². The lowest BCUT2D eigenvalue weighted by Gasteiger charge is -2.37. The van der Waals surface area contributed by atoms with Gasteiger partial charge in [0.15, 0.2) is 0 Å². The van der Waals surface area contributed by atoms with Gasteiger partial charge in [-0.3, -0.25) is 9.78 Å². The van der Waals surface area contributed by atoms with Gasteiger partial charge < -0.3 is 16.0 Å². The van der Waals surface area contributed by atoms with Crippen LogP contribution < -0.4 is 16.0 Å². The van der Waals surface area contributed by atoms with Crippen molar-refractivity contribution in [3.63, 3.8) is 0 Å². The van der Waals surface area contributed by atoms with Crippen LogP contribution in [-0.4, -0.2) is 30.0 Å². The van der Waals surface area contributed by atoms with Crippen LogP contribution in [0.5, 0.6) is 0 Å². The average Bonchev–Trinajstić information content (AvgIpc) is 2.88. The standard InChI is InChI=1S/C15H22N4O/c1-2-12(16)13-6-5-10(8-17-13)19-7-3-4-11-14(19)9-18-15(11)20/h5-6,8,11-12,14H,2-4,7,9,16H2,1H3,(H,18,20)/t11?,12-,14?/m1/s1. The summed E-state index contributed by atoms with van der Waals surface area (Å²) in [6.45, 7) is 3.81. The maximum atomic E-state index is 11.8. The molecule has 5 nitrogen and oxygen atoms in total. The van der Waals surface area contributed by atoms with Crippen LogP contribution in [0.4, 0.5) is 5.69 Å². The van der Waals surface area contributed by atoms with Gasteiger partial charge in [0.1, 0.15) is 0 Å². The largest absolute Gasteiger partial charge is 0.365 e. The lowest BCUT2D eigenvalue weighted by atomic mass is 9.91. The van der Waals surface area contributed by atoms with E-state index < -0.39 is 0 Å². The highest BCUT2D eigenvalue weighted by molar-refractivity contribution is 5.83. The summed E-state index contributed by atoms with van der Waals surface area (Å²) in [4.78, 5) is 18.6. The predicted molar refractivity (Wildman–Crippen MR) is 78.3 cm³/mol. The van der Waals surface area contributed by atoms with Crippen molar-refractivity contribution in [3.05, 3.63) is 24.0 Å². The van der Waals surface area contributed by atoms with Crippen molar-refractivity contribution in [2.24, 2.45) is 11.7 Å². The lowest BCUT2D eigenvalue weighted by Crippen LogP contribution is -2.45. The zero-order valence-corrected chi connectivity index (χ0v) is 11.9. The number of nitrogens with zero attached hydrogens (tertiary/aromatic N) is 2. The first-order chi connectivity index (χ1) is 9.70. The zero-order valence-electron chi connectivity index (χ0n) is 11.9. The van der Waals surface area contributed by atoms with Crippen LogP contribution in [0.3, 0.4) is 0 Å². The van der Waals surface area contributed by atoms with E-state index in [4.69, 9.17) is 5.73 Å². The smallest absolute Gasteiger partial charge is 0.225 e. The van der Waals surface area contributed by atoms with Crippen molar-refractivity contribution < 1.29 is 4.79 Å². The molecule has 3 heterocycles. The van der Waals surface area contributed by atoms with E-state index in [1.54, 1.807) is 0 Å². The molecule has 0 radical (unpaired) electrons. The third-order valence-electron chi connectivity index (χ3n) is 4.52. The van der Waals surface area contributed by atoms with Gasteiger partial charge in [-0.2, -0.15) is 0 Å². The molecule has 1 aromatic heterocycles. The van der Waals surface area contributed by atoms with Crippen LogP contribution in [0.2, 0.25) is 0 Å². The summed E-state index contributed by atoms with van der Waals surface area (Å²) in [5.41, 5.74) is 8.03. The Kier molecular flexibility index (Phi) is 3.61. The Morgan fingerprint density at radius 3 is 3.10 bits per heavy atom. The highest BCUT2D eigenvalue weighted by Crippen LogP contribution is 2.31. The van der Waals surface area contributed by atoms with E-state index in [1.807, 2.05) is 12.3 Å². The quantitative estimate of drug-likeness (QED) is 0.869. The molecule has 3 rings (SSSR count). The molecule has 2 unspecified atom stereocenters. The SMILES string of the molecule is CC[C@@H](N)c1ccc(N2CCCC3C(=O)NCC32)cn1. The number of amides is 1. The molecular weight excluding hydrogens is 252 g/mol. The number of carbonyl (C=O) groups is 1. The van der Waals surface area contributed by atoms with Crippen LogP contribution in [0.1, 0.15) is 37.9 Å². The summed E-state index contributed by atoms with van der Waals surface area (Å²) in [7, 11) is 0. The fourth-order valence-corrected chi connectivity index (χ4v) is 3.27. The fourth-order valence-electron chi connectivity index (χ4n) is 3.27. The molecule has 108 valence electrons. The molecule has 2 saturated heterocycles. The number of carbonyl (C=O) groups excluding carboxylic acids is 1. The number of pyridine rings is 1. The number of anilines is 1. The van der Waals surface area contributed by atoms with Gasteiger partial charge in [0.25, 0.3) is 0 Å². The Hall–Kier alpha value is -1.62. The van der Waals surface area contributed by atoms with Crippen molar-refractivity contribution in [2.45, 2.75) is 38.3 Å². The third kappa shape index (κ3) is 2.26. The van der Waals surface area contributed by atoms with Gasteiger partial charge in [0.05, 0.1) is 29.5 Å². The summed E-state index contributed by atoms with van der Waals surface area (Å²) in [5.74, 6) is 0.346. The first-order valence-corrected chi connectivity index (χ1v) is 7.46. The molecule has 2 aliphatic rings. The fraction of sp³-hybridized carbons (Fsp3) is 0.600. The van der Waals surface area contributed by atoms with Crippen molar-refractivity contribution in [1.82, 2.24) is 10.3 Å². The first kappa shape index (κ1) is 13.4. The van der Waals surface area contributed by atoms with E-state index in [2.05, 4.69) is 28.2 Å². The van der Waals surface area contributed by atoms with Gasteiger partial charge in [-0.15, -0.1) is 0 Å². The Morgan fingerprint density at radius 1 is 1.55 bits per heavy atom. The zero-order chi connectivity index (χ0) is 14.1. The van der Waals surface area contributed by atoms with Crippen LogP contribution in [0, 0.1) is 5.92 Å². The molecule has 1 amide bonds. The predicted octanol–water partition coefficient (Wildman–Crippen LogP) is 1.21. The van der Waals surface area contributed by atoms with E-state index >= 15 is 0 Å². The molecule has 1 aromatic rings. The maximum Gasteiger partial charge on any atom is 0.225 e. The number of aromatic nitrogens is 1. The van der Waals surface area contributed by atoms with Crippen LogP contribution in [-0.2, 0) is 4.79 Å². The molecule has 20 heavy (non-hydrogen) atoms. The topological polar surface area (TPSA) is 71.2 Å². The van der Waals surface area contributed by atoms with Gasteiger partial charge >= 0.3 is 0 Å². The average molecular weight is 274 g/mol. The molecule has 3 N–H and O–H groups in total. The summed E-state index contributed by atoms with van der Waals surface area (Å²) in [5, 5.41) is 2.98. The van der Waals surface area contributed by atoms with Crippen LogP contribution in [0.25, 0.3) is 0 Å². The lowest BCUT2D eigenvalue weighted by molar-refractivity contribution is -0.122. The second-order valence-electron chi connectivity index (χ2n) is 5.71. The van der Waals surface area contributed by atoms with E-state index in [1.165, 1.54) is 0 Å². The minimum absolute atomic E-state index is 0.00730. The van der Waals surface area contributed by atoms with E-state index in [9.17, 15) is 4.79 Å². The number of nitrogens with one attached hydrogen (secondary N) is 1. The van der Waals surface area contributed by atoms with Gasteiger partial charge in [-0.05, 0) is 31.4 Å². The van der Waals surface area contributed by atoms with Gasteiger partial charge in [0.2, 0.25) is 5.91 Å². The van der Waals surface area contributed by atoms with Crippen molar-refractivity contribution >= 4 is 11.6 Å². The summed E-state index contributed by atoms with van der Waals surface area (Å²) < 4.78 is 0. The van der Waals surface area contributed by atoms with Gasteiger partial charge in [0, 0.05) is 19.1 Å². The third-order valence-corrected chi connectivity index (χ3v) is 4.52. The van der Waals surface area contributed by atoms with Crippen LogP contribution in [0.15, 0.2) is 18.3 Å². The summed E-state index contributed by atoms with van der Waals surface area (Å²) in [6, 6.07) is 4.39. The Balaban J connectivity index is 1.80. The molecule has 3 atom stereocenters. The molecule has 0 spiro atoms. The molecule has 0 aromatic carbocycles. The van der Waals surface area contributed by atoms with E-state index in [0.29, 0.717) is 0 Å². The Bertz CT molecular complexity index is 487. The number of hydrogen-bond donors (Lipinski definition) is 2.